The van der Waals surface area contributed by atoms with E-state index in [1.165, 1.54) is 50.5 Å². The maximum absolute atomic E-state index is 13.4. The second-order valence-corrected chi connectivity index (χ2v) is 7.77. The van der Waals surface area contributed by atoms with E-state index >= 15 is 0 Å². The monoisotopic (exact) mass is 338 g/mol. The van der Waals surface area contributed by atoms with Crippen LogP contribution < -0.4 is 0 Å². The molecule has 0 radical (unpaired) electrons. The van der Waals surface area contributed by atoms with E-state index < -0.39 is 0 Å². The molecule has 4 unspecified atom stereocenters. The van der Waals surface area contributed by atoms with Crippen LogP contribution in [0, 0.1) is 30.5 Å². The van der Waals surface area contributed by atoms with Gasteiger partial charge in [-0.1, -0.05) is 53.7 Å². The van der Waals surface area contributed by atoms with Gasteiger partial charge in [0.25, 0.3) is 0 Å². The normalized spacial score (nSPS) is 31.6. The van der Waals surface area contributed by atoms with Crippen LogP contribution in [0.25, 0.3) is 0 Å². The van der Waals surface area contributed by atoms with Gasteiger partial charge in [-0.25, -0.2) is 4.39 Å². The van der Waals surface area contributed by atoms with Gasteiger partial charge in [-0.2, -0.15) is 0 Å². The fourth-order valence-electron chi connectivity index (χ4n) is 4.29. The number of halogens is 2. The van der Waals surface area contributed by atoms with Crippen LogP contribution in [0.3, 0.4) is 0 Å². The summed E-state index contributed by atoms with van der Waals surface area (Å²) in [6.07, 6.45) is 9.85. The highest BCUT2D eigenvalue weighted by molar-refractivity contribution is 9.09. The molecule has 2 aliphatic carbocycles. The van der Waals surface area contributed by atoms with E-state index in [0.717, 1.165) is 23.3 Å². The van der Waals surface area contributed by atoms with Gasteiger partial charge in [0.1, 0.15) is 5.82 Å². The molecule has 110 valence electrons. The highest BCUT2D eigenvalue weighted by atomic mass is 79.9. The summed E-state index contributed by atoms with van der Waals surface area (Å²) < 4.78 is 13.4. The summed E-state index contributed by atoms with van der Waals surface area (Å²) >= 11 is 3.90. The molecule has 20 heavy (non-hydrogen) atoms. The van der Waals surface area contributed by atoms with Crippen LogP contribution in [-0.4, -0.2) is 0 Å². The van der Waals surface area contributed by atoms with Gasteiger partial charge in [-0.3, -0.25) is 0 Å². The number of fused-ring (bicyclic) bond motifs is 1. The molecule has 1 aromatic carbocycles. The molecule has 0 amide bonds. The molecular weight excluding hydrogens is 315 g/mol. The number of benzene rings is 1. The molecular formula is C18H24BrF. The lowest BCUT2D eigenvalue weighted by Crippen LogP contribution is -2.29. The molecule has 4 atom stereocenters. The number of aryl methyl sites for hydroxylation is 1. The molecule has 0 saturated heterocycles. The lowest BCUT2D eigenvalue weighted by atomic mass is 9.66. The van der Waals surface area contributed by atoms with Crippen LogP contribution in [0.15, 0.2) is 18.2 Å². The number of alkyl halides is 1. The molecule has 0 heterocycles. The minimum absolute atomic E-state index is 0.0931. The van der Waals surface area contributed by atoms with Crippen LogP contribution in [0.2, 0.25) is 0 Å². The van der Waals surface area contributed by atoms with E-state index in [9.17, 15) is 4.39 Å². The van der Waals surface area contributed by atoms with E-state index in [4.69, 9.17) is 0 Å². The predicted octanol–water partition coefficient (Wildman–Crippen LogP) is 6.18. The third-order valence-electron chi connectivity index (χ3n) is 5.49. The molecule has 1 aromatic rings. The Bertz CT molecular complexity index is 470. The minimum atomic E-state index is -0.0931. The van der Waals surface area contributed by atoms with Gasteiger partial charge < -0.3 is 0 Å². The van der Waals surface area contributed by atoms with Gasteiger partial charge in [0.15, 0.2) is 0 Å². The maximum atomic E-state index is 13.4. The van der Waals surface area contributed by atoms with Crippen molar-refractivity contribution in [3.63, 3.8) is 0 Å². The van der Waals surface area contributed by atoms with Crippen molar-refractivity contribution in [2.24, 2.45) is 17.8 Å². The highest BCUT2D eigenvalue weighted by Crippen LogP contribution is 2.48. The molecule has 0 bridgehead atoms. The SMILES string of the molecule is Cc1cc(C(Br)C2CCC3CCCCC3C2)ccc1F. The van der Waals surface area contributed by atoms with Gasteiger partial charge in [0.05, 0.1) is 0 Å². The van der Waals surface area contributed by atoms with Crippen LogP contribution in [-0.2, 0) is 0 Å². The van der Waals surface area contributed by atoms with Crippen molar-refractivity contribution in [1.82, 2.24) is 0 Å². The predicted molar refractivity (Wildman–Crippen MR) is 85.6 cm³/mol. The Labute approximate surface area is 130 Å². The second kappa shape index (κ2) is 6.17. The lowest BCUT2D eigenvalue weighted by Gasteiger charge is -2.41. The number of rotatable bonds is 2. The Morgan fingerprint density at radius 2 is 1.85 bits per heavy atom. The van der Waals surface area contributed by atoms with E-state index in [1.807, 2.05) is 19.1 Å². The first kappa shape index (κ1) is 14.6. The van der Waals surface area contributed by atoms with Gasteiger partial charge in [-0.15, -0.1) is 0 Å². The molecule has 0 aliphatic heterocycles. The van der Waals surface area contributed by atoms with Crippen LogP contribution in [0.5, 0.6) is 0 Å². The Hall–Kier alpha value is -0.370. The van der Waals surface area contributed by atoms with E-state index in [1.54, 1.807) is 6.07 Å². The largest absolute Gasteiger partial charge is 0.207 e. The van der Waals surface area contributed by atoms with Crippen LogP contribution in [0.4, 0.5) is 4.39 Å². The fourth-order valence-corrected chi connectivity index (χ4v) is 5.05. The Balaban J connectivity index is 1.70. The third kappa shape index (κ3) is 2.95. The van der Waals surface area contributed by atoms with Gasteiger partial charge >= 0.3 is 0 Å². The lowest BCUT2D eigenvalue weighted by molar-refractivity contribution is 0.129. The number of hydrogen-bond donors (Lipinski definition) is 0. The Morgan fingerprint density at radius 1 is 1.10 bits per heavy atom. The van der Waals surface area contributed by atoms with Crippen LogP contribution in [0.1, 0.15) is 60.9 Å². The summed E-state index contributed by atoms with van der Waals surface area (Å²) in [6.45, 7) is 1.86. The summed E-state index contributed by atoms with van der Waals surface area (Å²) in [6, 6.07) is 5.58. The molecule has 3 rings (SSSR count). The summed E-state index contributed by atoms with van der Waals surface area (Å²) in [4.78, 5) is 0.393. The van der Waals surface area contributed by atoms with Crippen molar-refractivity contribution in [3.05, 3.63) is 35.1 Å². The molecule has 2 aliphatic rings. The van der Waals surface area contributed by atoms with Gasteiger partial charge in [-0.05, 0) is 61.1 Å². The molecule has 2 heteroatoms. The van der Waals surface area contributed by atoms with Crippen molar-refractivity contribution in [2.45, 2.75) is 56.7 Å². The first-order chi connectivity index (χ1) is 9.65. The zero-order valence-electron chi connectivity index (χ0n) is 12.2. The molecule has 0 nitrogen and oxygen atoms in total. The first-order valence-electron chi connectivity index (χ1n) is 8.05. The Kier molecular flexibility index (Phi) is 4.49. The standard InChI is InChI=1S/C18H24BrF/c1-12-10-15(8-9-17(12)20)18(19)16-7-6-13-4-2-3-5-14(13)11-16/h8-10,13-14,16,18H,2-7,11H2,1H3. The third-order valence-corrected chi connectivity index (χ3v) is 6.77. The van der Waals surface area contributed by atoms with Gasteiger partial charge in [0, 0.05) is 4.83 Å². The smallest absolute Gasteiger partial charge is 0.126 e. The van der Waals surface area contributed by atoms with Crippen LogP contribution >= 0.6 is 15.9 Å². The molecule has 0 spiro atoms. The zero-order valence-corrected chi connectivity index (χ0v) is 13.8. The second-order valence-electron chi connectivity index (χ2n) is 6.79. The number of hydrogen-bond acceptors (Lipinski definition) is 0. The fraction of sp³-hybridized carbons (Fsp3) is 0.667. The van der Waals surface area contributed by atoms with Gasteiger partial charge in [0.2, 0.25) is 0 Å². The highest BCUT2D eigenvalue weighted by Gasteiger charge is 2.35. The van der Waals surface area contributed by atoms with Crippen molar-refractivity contribution < 1.29 is 4.39 Å². The molecule has 2 saturated carbocycles. The topological polar surface area (TPSA) is 0 Å². The summed E-state index contributed by atoms with van der Waals surface area (Å²) in [5, 5.41) is 0. The van der Waals surface area contributed by atoms with Crippen molar-refractivity contribution in [1.29, 1.82) is 0 Å². The minimum Gasteiger partial charge on any atom is -0.207 e. The summed E-state index contributed by atoms with van der Waals surface area (Å²) in [5.41, 5.74) is 2.02. The van der Waals surface area contributed by atoms with E-state index in [2.05, 4.69) is 15.9 Å². The van der Waals surface area contributed by atoms with Crippen molar-refractivity contribution in [3.8, 4) is 0 Å². The first-order valence-corrected chi connectivity index (χ1v) is 8.97. The summed E-state index contributed by atoms with van der Waals surface area (Å²) in [5.74, 6) is 2.57. The average molecular weight is 339 g/mol. The van der Waals surface area contributed by atoms with E-state index in [-0.39, 0.29) is 5.82 Å². The van der Waals surface area contributed by atoms with E-state index in [0.29, 0.717) is 4.83 Å². The maximum Gasteiger partial charge on any atom is 0.126 e. The van der Waals surface area contributed by atoms with Crippen molar-refractivity contribution in [2.75, 3.05) is 0 Å². The average Bonchev–Trinajstić information content (AvgIpc) is 2.49. The molecule has 2 fully saturated rings. The molecule has 0 aromatic heterocycles. The zero-order chi connectivity index (χ0) is 14.1. The molecule has 0 N–H and O–H groups in total. The summed E-state index contributed by atoms with van der Waals surface area (Å²) in [7, 11) is 0. The quantitative estimate of drug-likeness (QED) is 0.565. The Morgan fingerprint density at radius 3 is 2.60 bits per heavy atom. The van der Waals surface area contributed by atoms with Crippen molar-refractivity contribution >= 4 is 15.9 Å².